The van der Waals surface area contributed by atoms with E-state index in [4.69, 9.17) is 4.74 Å². The number of ether oxygens (including phenoxy) is 1. The largest absolute Gasteiger partial charge is 0.480 e. The SMILES string of the molecule is O=C(O)C1COCCN1C(=O)c1[nH]c2ccccc2c1Br. The quantitative estimate of drug-likeness (QED) is 0.863. The summed E-state index contributed by atoms with van der Waals surface area (Å²) < 4.78 is 5.80. The molecule has 7 heteroatoms. The number of hydrogen-bond acceptors (Lipinski definition) is 3. The van der Waals surface area contributed by atoms with Gasteiger partial charge in [0, 0.05) is 17.4 Å². The molecule has 0 spiro atoms. The number of para-hydroxylation sites is 1. The van der Waals surface area contributed by atoms with Crippen LogP contribution in [0.3, 0.4) is 0 Å². The molecule has 1 unspecified atom stereocenters. The fraction of sp³-hybridized carbons (Fsp3) is 0.286. The molecule has 1 atom stereocenters. The number of carboxylic acids is 1. The van der Waals surface area contributed by atoms with Crippen molar-refractivity contribution in [1.82, 2.24) is 9.88 Å². The van der Waals surface area contributed by atoms with Crippen molar-refractivity contribution < 1.29 is 19.4 Å². The van der Waals surface area contributed by atoms with Crippen molar-refractivity contribution in [3.8, 4) is 0 Å². The van der Waals surface area contributed by atoms with Crippen molar-refractivity contribution in [2.24, 2.45) is 0 Å². The monoisotopic (exact) mass is 352 g/mol. The van der Waals surface area contributed by atoms with E-state index in [0.29, 0.717) is 16.8 Å². The molecule has 3 rings (SSSR count). The molecular weight excluding hydrogens is 340 g/mol. The number of nitrogens with one attached hydrogen (secondary N) is 1. The number of carbonyl (C=O) groups is 2. The number of morpholine rings is 1. The first-order valence-corrected chi connectivity index (χ1v) is 7.26. The number of carboxylic acid groups (broad SMARTS) is 1. The Morgan fingerprint density at radius 2 is 2.14 bits per heavy atom. The fourth-order valence-electron chi connectivity index (χ4n) is 2.45. The highest BCUT2D eigenvalue weighted by Gasteiger charge is 2.34. The van der Waals surface area contributed by atoms with Crippen LogP contribution >= 0.6 is 15.9 Å². The number of carbonyl (C=O) groups excluding carboxylic acids is 1. The molecule has 1 amide bonds. The molecule has 6 nitrogen and oxygen atoms in total. The third-order valence-electron chi connectivity index (χ3n) is 3.53. The molecule has 21 heavy (non-hydrogen) atoms. The van der Waals surface area contributed by atoms with Gasteiger partial charge in [-0.05, 0) is 22.0 Å². The van der Waals surface area contributed by atoms with Gasteiger partial charge in [-0.25, -0.2) is 4.79 Å². The number of hydrogen-bond donors (Lipinski definition) is 2. The van der Waals surface area contributed by atoms with Crippen LogP contribution in [0.1, 0.15) is 10.5 Å². The van der Waals surface area contributed by atoms with Crippen LogP contribution in [-0.2, 0) is 9.53 Å². The number of fused-ring (bicyclic) bond motifs is 1. The maximum Gasteiger partial charge on any atom is 0.328 e. The van der Waals surface area contributed by atoms with Crippen LogP contribution in [0.15, 0.2) is 28.7 Å². The predicted octanol–water partition coefficient (Wildman–Crippen LogP) is 1.86. The van der Waals surface area contributed by atoms with Gasteiger partial charge >= 0.3 is 5.97 Å². The highest BCUT2D eigenvalue weighted by molar-refractivity contribution is 9.10. The smallest absolute Gasteiger partial charge is 0.328 e. The molecule has 0 bridgehead atoms. The zero-order chi connectivity index (χ0) is 15.0. The van der Waals surface area contributed by atoms with Gasteiger partial charge in [0.2, 0.25) is 0 Å². The Bertz CT molecular complexity index is 712. The van der Waals surface area contributed by atoms with Crippen LogP contribution in [0, 0.1) is 0 Å². The summed E-state index contributed by atoms with van der Waals surface area (Å²) in [4.78, 5) is 28.3. The minimum Gasteiger partial charge on any atom is -0.480 e. The molecule has 1 saturated heterocycles. The van der Waals surface area contributed by atoms with Crippen LogP contribution in [0.25, 0.3) is 10.9 Å². The maximum atomic E-state index is 12.7. The number of nitrogens with zero attached hydrogens (tertiary/aromatic N) is 1. The molecule has 0 saturated carbocycles. The van der Waals surface area contributed by atoms with Crippen LogP contribution < -0.4 is 0 Å². The van der Waals surface area contributed by atoms with E-state index in [1.165, 1.54) is 4.90 Å². The van der Waals surface area contributed by atoms with E-state index in [1.54, 1.807) is 0 Å². The minimum atomic E-state index is -1.06. The Morgan fingerprint density at radius 1 is 1.38 bits per heavy atom. The van der Waals surface area contributed by atoms with Gasteiger partial charge in [-0.2, -0.15) is 0 Å². The minimum absolute atomic E-state index is 0.0128. The first-order chi connectivity index (χ1) is 10.1. The molecule has 110 valence electrons. The summed E-state index contributed by atoms with van der Waals surface area (Å²) in [7, 11) is 0. The summed E-state index contributed by atoms with van der Waals surface area (Å²) in [5, 5.41) is 10.1. The van der Waals surface area contributed by atoms with E-state index < -0.39 is 12.0 Å². The number of H-pyrrole nitrogens is 1. The molecule has 0 radical (unpaired) electrons. The van der Waals surface area contributed by atoms with Crippen molar-refractivity contribution in [3.05, 3.63) is 34.4 Å². The normalized spacial score (nSPS) is 18.9. The van der Waals surface area contributed by atoms with Crippen LogP contribution in [0.5, 0.6) is 0 Å². The highest BCUT2D eigenvalue weighted by atomic mass is 79.9. The highest BCUT2D eigenvalue weighted by Crippen LogP contribution is 2.29. The second kappa shape index (κ2) is 5.50. The lowest BCUT2D eigenvalue weighted by atomic mass is 10.2. The van der Waals surface area contributed by atoms with E-state index in [0.717, 1.165) is 10.9 Å². The summed E-state index contributed by atoms with van der Waals surface area (Å²) >= 11 is 3.42. The second-order valence-corrected chi connectivity index (χ2v) is 5.58. The van der Waals surface area contributed by atoms with E-state index in [9.17, 15) is 14.7 Å². The Hall–Kier alpha value is -1.86. The van der Waals surface area contributed by atoms with Crippen molar-refractivity contribution in [2.45, 2.75) is 6.04 Å². The average molecular weight is 353 g/mol. The van der Waals surface area contributed by atoms with E-state index >= 15 is 0 Å². The number of aliphatic carboxylic acids is 1. The molecule has 2 heterocycles. The Kier molecular flexibility index (Phi) is 3.69. The average Bonchev–Trinajstić information content (AvgIpc) is 2.84. The lowest BCUT2D eigenvalue weighted by Crippen LogP contribution is -2.52. The number of amides is 1. The fourth-order valence-corrected chi connectivity index (χ4v) is 3.06. The molecule has 1 aliphatic rings. The van der Waals surface area contributed by atoms with Gasteiger partial charge in [0.05, 0.1) is 17.7 Å². The molecule has 2 aromatic rings. The number of rotatable bonds is 2. The van der Waals surface area contributed by atoms with Gasteiger partial charge in [0.1, 0.15) is 5.69 Å². The Morgan fingerprint density at radius 3 is 2.86 bits per heavy atom. The number of benzene rings is 1. The van der Waals surface area contributed by atoms with Gasteiger partial charge in [-0.3, -0.25) is 4.79 Å². The standard InChI is InChI=1S/C14H13BrN2O4/c15-11-8-3-1-2-4-9(8)16-12(11)13(18)17-5-6-21-7-10(17)14(19)20/h1-4,10,16H,5-7H2,(H,19,20). The lowest BCUT2D eigenvalue weighted by molar-refractivity contribution is -0.147. The van der Waals surface area contributed by atoms with Crippen LogP contribution in [-0.4, -0.2) is 52.7 Å². The topological polar surface area (TPSA) is 82.6 Å². The van der Waals surface area contributed by atoms with Gasteiger partial charge in [-0.1, -0.05) is 18.2 Å². The molecular formula is C14H13BrN2O4. The summed E-state index contributed by atoms with van der Waals surface area (Å²) in [5.41, 5.74) is 1.19. The Labute approximate surface area is 128 Å². The van der Waals surface area contributed by atoms with E-state index in [2.05, 4.69) is 20.9 Å². The summed E-state index contributed by atoms with van der Waals surface area (Å²) in [5.74, 6) is -1.40. The molecule has 2 N–H and O–H groups in total. The summed E-state index contributed by atoms with van der Waals surface area (Å²) in [6.07, 6.45) is 0. The third kappa shape index (κ3) is 2.43. The van der Waals surface area contributed by atoms with E-state index in [1.807, 2.05) is 24.3 Å². The lowest BCUT2D eigenvalue weighted by Gasteiger charge is -2.32. The Balaban J connectivity index is 1.99. The van der Waals surface area contributed by atoms with Gasteiger partial charge < -0.3 is 19.7 Å². The number of aromatic nitrogens is 1. The molecule has 1 aliphatic heterocycles. The maximum absolute atomic E-state index is 12.7. The van der Waals surface area contributed by atoms with Crippen LogP contribution in [0.2, 0.25) is 0 Å². The third-order valence-corrected chi connectivity index (χ3v) is 4.35. The first kappa shape index (κ1) is 14.1. The van der Waals surface area contributed by atoms with Crippen molar-refractivity contribution in [2.75, 3.05) is 19.8 Å². The zero-order valence-corrected chi connectivity index (χ0v) is 12.6. The predicted molar refractivity (Wildman–Crippen MR) is 79.3 cm³/mol. The molecule has 1 aromatic carbocycles. The van der Waals surface area contributed by atoms with Gasteiger partial charge in [-0.15, -0.1) is 0 Å². The van der Waals surface area contributed by atoms with Gasteiger partial charge in [0.25, 0.3) is 5.91 Å². The molecule has 0 aliphatic carbocycles. The molecule has 1 fully saturated rings. The number of aromatic amines is 1. The first-order valence-electron chi connectivity index (χ1n) is 6.47. The zero-order valence-electron chi connectivity index (χ0n) is 11.0. The van der Waals surface area contributed by atoms with Crippen LogP contribution in [0.4, 0.5) is 0 Å². The van der Waals surface area contributed by atoms with Crippen molar-refractivity contribution >= 4 is 38.7 Å². The van der Waals surface area contributed by atoms with Gasteiger partial charge in [0.15, 0.2) is 6.04 Å². The van der Waals surface area contributed by atoms with Crippen molar-refractivity contribution in [3.63, 3.8) is 0 Å². The summed E-state index contributed by atoms with van der Waals surface area (Å²) in [6.45, 7) is 0.615. The number of halogens is 1. The second-order valence-electron chi connectivity index (χ2n) is 4.79. The van der Waals surface area contributed by atoms with Crippen molar-refractivity contribution in [1.29, 1.82) is 0 Å². The van der Waals surface area contributed by atoms with E-state index in [-0.39, 0.29) is 19.1 Å². The summed E-state index contributed by atoms with van der Waals surface area (Å²) in [6, 6.07) is 6.55. The molecule has 1 aromatic heterocycles.